The van der Waals surface area contributed by atoms with Gasteiger partial charge in [0.05, 0.1) is 7.11 Å². The number of carbonyl (C=O) groups excluding carboxylic acids is 2. The van der Waals surface area contributed by atoms with Gasteiger partial charge in [-0.2, -0.15) is 5.10 Å². The molecule has 1 saturated heterocycles. The molecule has 0 aliphatic carbocycles. The number of ketones is 1. The van der Waals surface area contributed by atoms with Crippen molar-refractivity contribution in [3.63, 3.8) is 0 Å². The molecule has 0 spiro atoms. The number of methoxy groups -OCH3 is 1. The Balaban J connectivity index is 1.26. The van der Waals surface area contributed by atoms with E-state index >= 15 is 0 Å². The van der Waals surface area contributed by atoms with Crippen LogP contribution >= 0.6 is 0 Å². The molecule has 3 aromatic rings. The van der Waals surface area contributed by atoms with Crippen LogP contribution in [-0.4, -0.2) is 51.4 Å². The lowest BCUT2D eigenvalue weighted by atomic mass is 9.88. The molecule has 32 heavy (non-hydrogen) atoms. The van der Waals surface area contributed by atoms with Gasteiger partial charge in [-0.25, -0.2) is 4.52 Å². The number of aromatic nitrogens is 3. The third-order valence-corrected chi connectivity index (χ3v) is 6.15. The molecule has 2 aromatic heterocycles. The van der Waals surface area contributed by atoms with Gasteiger partial charge < -0.3 is 14.6 Å². The Bertz CT molecular complexity index is 1170. The van der Waals surface area contributed by atoms with Crippen molar-refractivity contribution in [2.24, 2.45) is 5.92 Å². The maximum Gasteiger partial charge on any atom is 0.275 e. The Labute approximate surface area is 186 Å². The van der Waals surface area contributed by atoms with E-state index in [2.05, 4.69) is 10.1 Å². The van der Waals surface area contributed by atoms with Crippen LogP contribution in [0.25, 0.3) is 5.52 Å². The number of nitrogens with one attached hydrogen (secondary N) is 1. The number of carbonyl (C=O) groups is 2. The van der Waals surface area contributed by atoms with E-state index in [1.165, 1.54) is 0 Å². The molecule has 1 N–H and O–H groups in total. The summed E-state index contributed by atoms with van der Waals surface area (Å²) < 4.78 is 6.78. The summed E-state index contributed by atoms with van der Waals surface area (Å²) in [5, 5.41) is 4.46. The van der Waals surface area contributed by atoms with Crippen LogP contribution in [0, 0.1) is 12.8 Å². The van der Waals surface area contributed by atoms with Crippen molar-refractivity contribution in [2.45, 2.75) is 39.0 Å². The van der Waals surface area contributed by atoms with Gasteiger partial charge in [-0.1, -0.05) is 0 Å². The Morgan fingerprint density at radius 2 is 1.84 bits per heavy atom. The number of likely N-dealkylation sites (tertiary alicyclic amines) is 1. The standard InChI is InChI=1S/C24H28N4O4/c1-16-6-11-20-24(31)25-21(26-28(16)20)4-3-5-22(29)27-14-12-18(13-15-27)23(30)17-7-9-19(32-2)10-8-17/h6-11,18H,3-5,12-15H2,1-2H3,(H,25,26,31). The second-order valence-corrected chi connectivity index (χ2v) is 8.27. The minimum atomic E-state index is -0.168. The first-order chi connectivity index (χ1) is 15.5. The van der Waals surface area contributed by atoms with E-state index in [1.54, 1.807) is 42.0 Å². The van der Waals surface area contributed by atoms with Crippen molar-refractivity contribution in [3.05, 3.63) is 63.8 Å². The number of aryl methyl sites for hydroxylation is 2. The highest BCUT2D eigenvalue weighted by Crippen LogP contribution is 2.23. The molecule has 1 fully saturated rings. The lowest BCUT2D eigenvalue weighted by Gasteiger charge is -2.31. The lowest BCUT2D eigenvalue weighted by Crippen LogP contribution is -2.40. The molecular formula is C24H28N4O4. The Morgan fingerprint density at radius 3 is 2.53 bits per heavy atom. The minimum Gasteiger partial charge on any atom is -0.497 e. The minimum absolute atomic E-state index is 0.0572. The lowest BCUT2D eigenvalue weighted by molar-refractivity contribution is -0.132. The van der Waals surface area contributed by atoms with Gasteiger partial charge in [0, 0.05) is 43.1 Å². The number of benzene rings is 1. The molecule has 0 saturated carbocycles. The number of Topliss-reactive ketones (excluding diaryl/α,β-unsaturated/α-hetero) is 1. The number of ether oxygens (including phenoxy) is 1. The summed E-state index contributed by atoms with van der Waals surface area (Å²) >= 11 is 0. The second kappa shape index (κ2) is 9.38. The van der Waals surface area contributed by atoms with Gasteiger partial charge in [-0.15, -0.1) is 0 Å². The normalized spacial score (nSPS) is 14.6. The number of H-pyrrole nitrogens is 1. The van der Waals surface area contributed by atoms with E-state index < -0.39 is 0 Å². The predicted octanol–water partition coefficient (Wildman–Crippen LogP) is 2.78. The average molecular weight is 437 g/mol. The van der Waals surface area contributed by atoms with Crippen LogP contribution in [0.3, 0.4) is 0 Å². The number of hydrogen-bond acceptors (Lipinski definition) is 5. The van der Waals surface area contributed by atoms with Crippen LogP contribution < -0.4 is 10.3 Å². The summed E-state index contributed by atoms with van der Waals surface area (Å²) in [4.78, 5) is 42.2. The largest absolute Gasteiger partial charge is 0.497 e. The monoisotopic (exact) mass is 436 g/mol. The summed E-state index contributed by atoms with van der Waals surface area (Å²) in [7, 11) is 1.60. The summed E-state index contributed by atoms with van der Waals surface area (Å²) in [6.07, 6.45) is 2.88. The van der Waals surface area contributed by atoms with Crippen molar-refractivity contribution >= 4 is 17.2 Å². The summed E-state index contributed by atoms with van der Waals surface area (Å²) in [6.45, 7) is 3.08. The van der Waals surface area contributed by atoms with Gasteiger partial charge in [0.2, 0.25) is 5.91 Å². The molecule has 168 valence electrons. The maximum atomic E-state index is 12.7. The van der Waals surface area contributed by atoms with E-state index in [1.807, 2.05) is 17.9 Å². The van der Waals surface area contributed by atoms with Crippen molar-refractivity contribution in [2.75, 3.05) is 20.2 Å². The van der Waals surface area contributed by atoms with Crippen LogP contribution in [0.15, 0.2) is 41.2 Å². The number of amides is 1. The van der Waals surface area contributed by atoms with Crippen molar-refractivity contribution in [3.8, 4) is 5.75 Å². The molecule has 1 aromatic carbocycles. The Hall–Kier alpha value is -3.42. The zero-order valence-corrected chi connectivity index (χ0v) is 18.5. The van der Waals surface area contributed by atoms with E-state index in [-0.39, 0.29) is 23.2 Å². The first kappa shape index (κ1) is 21.8. The molecule has 1 amide bonds. The molecule has 3 heterocycles. The molecule has 4 rings (SSSR count). The van der Waals surface area contributed by atoms with Gasteiger partial charge in [-0.05, 0) is 62.6 Å². The van der Waals surface area contributed by atoms with E-state index in [0.29, 0.717) is 62.1 Å². The molecule has 1 aliphatic rings. The number of rotatable bonds is 7. The molecule has 0 atom stereocenters. The highest BCUT2D eigenvalue weighted by molar-refractivity contribution is 5.98. The van der Waals surface area contributed by atoms with Gasteiger partial charge >= 0.3 is 0 Å². The third-order valence-electron chi connectivity index (χ3n) is 6.15. The quantitative estimate of drug-likeness (QED) is 0.575. The fourth-order valence-corrected chi connectivity index (χ4v) is 4.24. The molecule has 0 unspecified atom stereocenters. The van der Waals surface area contributed by atoms with E-state index in [4.69, 9.17) is 4.74 Å². The average Bonchev–Trinajstić information content (AvgIpc) is 3.20. The number of piperidine rings is 1. The van der Waals surface area contributed by atoms with Gasteiger partial charge in [0.25, 0.3) is 5.56 Å². The van der Waals surface area contributed by atoms with Crippen LogP contribution in [0.1, 0.15) is 47.6 Å². The Kier molecular flexibility index (Phi) is 6.39. The maximum absolute atomic E-state index is 12.7. The Morgan fingerprint density at radius 1 is 1.12 bits per heavy atom. The number of aromatic amines is 1. The van der Waals surface area contributed by atoms with Crippen LogP contribution in [-0.2, 0) is 11.2 Å². The highest BCUT2D eigenvalue weighted by atomic mass is 16.5. The molecule has 8 heteroatoms. The zero-order chi connectivity index (χ0) is 22.7. The van der Waals surface area contributed by atoms with Crippen molar-refractivity contribution in [1.82, 2.24) is 19.5 Å². The fourth-order valence-electron chi connectivity index (χ4n) is 4.24. The van der Waals surface area contributed by atoms with Gasteiger partial charge in [0.15, 0.2) is 5.78 Å². The number of hydrogen-bond donors (Lipinski definition) is 1. The van der Waals surface area contributed by atoms with Crippen LogP contribution in [0.5, 0.6) is 5.75 Å². The number of nitrogens with zero attached hydrogens (tertiary/aromatic N) is 3. The summed E-state index contributed by atoms with van der Waals surface area (Å²) in [6, 6.07) is 10.8. The third kappa shape index (κ3) is 4.59. The van der Waals surface area contributed by atoms with Crippen molar-refractivity contribution in [1.29, 1.82) is 0 Å². The molecule has 1 aliphatic heterocycles. The molecule has 0 radical (unpaired) electrons. The molecule has 0 bridgehead atoms. The second-order valence-electron chi connectivity index (χ2n) is 8.27. The number of fused-ring (bicyclic) bond motifs is 1. The molecule has 8 nitrogen and oxygen atoms in total. The smallest absolute Gasteiger partial charge is 0.275 e. The fraction of sp³-hybridized carbons (Fsp3) is 0.417. The zero-order valence-electron chi connectivity index (χ0n) is 18.5. The van der Waals surface area contributed by atoms with E-state index in [9.17, 15) is 14.4 Å². The van der Waals surface area contributed by atoms with Gasteiger partial charge in [-0.3, -0.25) is 14.4 Å². The van der Waals surface area contributed by atoms with Crippen LogP contribution in [0.2, 0.25) is 0 Å². The van der Waals surface area contributed by atoms with Crippen LogP contribution in [0.4, 0.5) is 0 Å². The first-order valence-corrected chi connectivity index (χ1v) is 11.0. The predicted molar refractivity (Wildman–Crippen MR) is 120 cm³/mol. The molecular weight excluding hydrogens is 408 g/mol. The van der Waals surface area contributed by atoms with Crippen molar-refractivity contribution < 1.29 is 14.3 Å². The summed E-state index contributed by atoms with van der Waals surface area (Å²) in [5.41, 5.74) is 1.94. The topological polar surface area (TPSA) is 96.8 Å². The van der Waals surface area contributed by atoms with E-state index in [0.717, 1.165) is 11.4 Å². The highest BCUT2D eigenvalue weighted by Gasteiger charge is 2.27. The van der Waals surface area contributed by atoms with Gasteiger partial charge in [0.1, 0.15) is 17.1 Å². The first-order valence-electron chi connectivity index (χ1n) is 11.0. The SMILES string of the molecule is COc1ccc(C(=O)C2CCN(C(=O)CCCc3nn4c(C)ccc4c(=O)[nH]3)CC2)cc1. The summed E-state index contributed by atoms with van der Waals surface area (Å²) in [5.74, 6) is 1.47.